The van der Waals surface area contributed by atoms with Crippen LogP contribution in [0.3, 0.4) is 0 Å². The maximum Gasteiger partial charge on any atom is 0.0980 e. The van der Waals surface area contributed by atoms with Crippen LogP contribution in [0.15, 0.2) is 48.5 Å². The number of hydrogen-bond acceptors (Lipinski definition) is 2. The van der Waals surface area contributed by atoms with Crippen LogP contribution >= 0.6 is 23.2 Å². The summed E-state index contributed by atoms with van der Waals surface area (Å²) in [7, 11) is -3.65. The van der Waals surface area contributed by atoms with Crippen LogP contribution in [0.5, 0.6) is 0 Å². The zero-order valence-electron chi connectivity index (χ0n) is 9.75. The molecule has 0 radical (unpaired) electrons. The van der Waals surface area contributed by atoms with Gasteiger partial charge in [0.05, 0.1) is 15.8 Å². The molecule has 0 heterocycles. The van der Waals surface area contributed by atoms with Crippen molar-refractivity contribution >= 4 is 38.9 Å². The monoisotopic (exact) mass is 314 g/mol. The second kappa shape index (κ2) is 5.82. The first kappa shape index (κ1) is 14.2. The van der Waals surface area contributed by atoms with Crippen molar-refractivity contribution in [2.24, 2.45) is 0 Å². The van der Waals surface area contributed by atoms with Gasteiger partial charge >= 0.3 is 0 Å². The molecule has 0 amide bonds. The quantitative estimate of drug-likeness (QED) is 0.832. The molecule has 0 aromatic heterocycles. The molecule has 2 rings (SSSR count). The highest BCUT2D eigenvalue weighted by molar-refractivity contribution is 7.93. The van der Waals surface area contributed by atoms with E-state index in [4.69, 9.17) is 23.2 Å². The Labute approximate surface area is 122 Å². The van der Waals surface area contributed by atoms with Gasteiger partial charge in [0.25, 0.3) is 0 Å². The van der Waals surface area contributed by atoms with Crippen molar-refractivity contribution < 1.29 is 8.42 Å². The van der Waals surface area contributed by atoms with Gasteiger partial charge in [-0.05, 0) is 17.7 Å². The molecule has 0 N–H and O–H groups in total. The molecule has 0 fully saturated rings. The van der Waals surface area contributed by atoms with Gasteiger partial charge < -0.3 is 4.72 Å². The lowest BCUT2D eigenvalue weighted by atomic mass is 10.2. The van der Waals surface area contributed by atoms with Crippen LogP contribution in [0.2, 0.25) is 10.0 Å². The lowest BCUT2D eigenvalue weighted by Crippen LogP contribution is -2.01. The number of halogens is 2. The lowest BCUT2D eigenvalue weighted by molar-refractivity contribution is 0.602. The Morgan fingerprint density at radius 2 is 1.68 bits per heavy atom. The SMILES string of the molecule is O=S(=O)(Cc1ccccc1)[N-]c1cc(Cl)ccc1Cl. The minimum absolute atomic E-state index is 0.157. The van der Waals surface area contributed by atoms with Crippen LogP contribution in [0.1, 0.15) is 5.56 Å². The van der Waals surface area contributed by atoms with Crippen molar-refractivity contribution in [2.75, 3.05) is 0 Å². The Bertz CT molecular complexity index is 672. The van der Waals surface area contributed by atoms with Crippen molar-refractivity contribution in [2.45, 2.75) is 5.75 Å². The molecule has 0 unspecified atom stereocenters. The molecule has 2 aromatic rings. The molecule has 19 heavy (non-hydrogen) atoms. The Balaban J connectivity index is 2.20. The van der Waals surface area contributed by atoms with E-state index in [9.17, 15) is 8.42 Å². The smallest absolute Gasteiger partial charge is 0.0980 e. The van der Waals surface area contributed by atoms with Gasteiger partial charge in [0.1, 0.15) is 0 Å². The van der Waals surface area contributed by atoms with E-state index in [0.717, 1.165) is 0 Å². The highest BCUT2D eigenvalue weighted by Gasteiger charge is 2.04. The van der Waals surface area contributed by atoms with E-state index in [0.29, 0.717) is 10.6 Å². The molecule has 0 spiro atoms. The molecule has 0 aliphatic rings. The fourth-order valence-electron chi connectivity index (χ4n) is 1.52. The molecule has 2 aromatic carbocycles. The molecule has 6 heteroatoms. The summed E-state index contributed by atoms with van der Waals surface area (Å²) < 4.78 is 27.6. The average Bonchev–Trinajstić information content (AvgIpc) is 2.34. The van der Waals surface area contributed by atoms with Crippen LogP contribution in [-0.4, -0.2) is 8.42 Å². The zero-order valence-corrected chi connectivity index (χ0v) is 12.1. The third-order valence-corrected chi connectivity index (χ3v) is 4.07. The highest BCUT2D eigenvalue weighted by Crippen LogP contribution is 2.34. The van der Waals surface area contributed by atoms with Crippen LogP contribution in [-0.2, 0) is 15.8 Å². The molecule has 0 aliphatic heterocycles. The van der Waals surface area contributed by atoms with Gasteiger partial charge in [-0.2, -0.15) is 0 Å². The Morgan fingerprint density at radius 1 is 1.00 bits per heavy atom. The third-order valence-electron chi connectivity index (χ3n) is 2.34. The molecule has 0 aliphatic carbocycles. The fraction of sp³-hybridized carbons (Fsp3) is 0.0769. The summed E-state index contributed by atoms with van der Waals surface area (Å²) in [6.45, 7) is 0. The van der Waals surface area contributed by atoms with E-state index in [1.54, 1.807) is 30.3 Å². The van der Waals surface area contributed by atoms with Crippen molar-refractivity contribution in [3.63, 3.8) is 0 Å². The number of benzene rings is 2. The lowest BCUT2D eigenvalue weighted by Gasteiger charge is -2.23. The maximum atomic E-state index is 12.0. The standard InChI is InChI=1S/C13H10Cl2NO2S/c14-11-6-7-12(15)13(8-11)16-19(17,18)9-10-4-2-1-3-5-10/h1-8H,9H2/q-1. The molecule has 100 valence electrons. The topological polar surface area (TPSA) is 48.2 Å². The van der Waals surface area contributed by atoms with Gasteiger partial charge in [-0.15, -0.1) is 5.69 Å². The highest BCUT2D eigenvalue weighted by atomic mass is 35.5. The summed E-state index contributed by atoms with van der Waals surface area (Å²) in [5, 5.41) is 0.638. The van der Waals surface area contributed by atoms with E-state index >= 15 is 0 Å². The first-order chi connectivity index (χ1) is 8.96. The second-order valence-electron chi connectivity index (χ2n) is 3.90. The van der Waals surface area contributed by atoms with Crippen LogP contribution < -0.4 is 0 Å². The van der Waals surface area contributed by atoms with Crippen molar-refractivity contribution in [3.05, 3.63) is 68.9 Å². The normalized spacial score (nSPS) is 11.3. The van der Waals surface area contributed by atoms with Gasteiger partial charge in [-0.25, -0.2) is 8.42 Å². The average molecular weight is 315 g/mol. The Morgan fingerprint density at radius 3 is 2.37 bits per heavy atom. The van der Waals surface area contributed by atoms with Crippen LogP contribution in [0, 0.1) is 0 Å². The van der Waals surface area contributed by atoms with Crippen molar-refractivity contribution in [3.8, 4) is 0 Å². The summed E-state index contributed by atoms with van der Waals surface area (Å²) in [6.07, 6.45) is 0. The van der Waals surface area contributed by atoms with E-state index in [1.165, 1.54) is 12.1 Å². The van der Waals surface area contributed by atoms with E-state index in [2.05, 4.69) is 4.72 Å². The predicted octanol–water partition coefficient (Wildman–Crippen LogP) is 4.53. The molecule has 0 bridgehead atoms. The van der Waals surface area contributed by atoms with Gasteiger partial charge in [-0.1, -0.05) is 59.6 Å². The number of hydrogen-bond donors (Lipinski definition) is 0. The van der Waals surface area contributed by atoms with Gasteiger partial charge in [0.15, 0.2) is 0 Å². The molecule has 0 saturated carbocycles. The molecular weight excluding hydrogens is 305 g/mol. The summed E-state index contributed by atoms with van der Waals surface area (Å²) in [4.78, 5) is 0. The van der Waals surface area contributed by atoms with E-state index in [1.807, 2.05) is 6.07 Å². The molecule has 0 atom stereocenters. The van der Waals surface area contributed by atoms with Crippen molar-refractivity contribution in [1.82, 2.24) is 0 Å². The van der Waals surface area contributed by atoms with Gasteiger partial charge in [-0.3, -0.25) is 0 Å². The predicted molar refractivity (Wildman–Crippen MR) is 78.5 cm³/mol. The van der Waals surface area contributed by atoms with E-state index < -0.39 is 10.0 Å². The minimum atomic E-state index is -3.65. The molecule has 3 nitrogen and oxygen atoms in total. The number of rotatable bonds is 4. The molecule has 0 saturated heterocycles. The first-order valence-corrected chi connectivity index (χ1v) is 7.77. The second-order valence-corrected chi connectivity index (χ2v) is 6.38. The Kier molecular flexibility index (Phi) is 4.34. The summed E-state index contributed by atoms with van der Waals surface area (Å²) in [5.74, 6) is -0.170. The summed E-state index contributed by atoms with van der Waals surface area (Å²) in [6, 6.07) is 13.3. The van der Waals surface area contributed by atoms with Gasteiger partial charge in [0.2, 0.25) is 0 Å². The maximum absolute atomic E-state index is 12.0. The number of sulfonamides is 1. The summed E-state index contributed by atoms with van der Waals surface area (Å²) >= 11 is 11.7. The minimum Gasteiger partial charge on any atom is -0.575 e. The fourth-order valence-corrected chi connectivity index (χ4v) is 3.03. The summed E-state index contributed by atoms with van der Waals surface area (Å²) in [5.41, 5.74) is 0.828. The van der Waals surface area contributed by atoms with Gasteiger partial charge in [0, 0.05) is 10.0 Å². The largest absolute Gasteiger partial charge is 0.575 e. The van der Waals surface area contributed by atoms with Crippen LogP contribution in [0.25, 0.3) is 4.72 Å². The Hall–Kier alpha value is -1.23. The molecular formula is C13H10Cl2NO2S-. The zero-order chi connectivity index (χ0) is 13.9. The first-order valence-electron chi connectivity index (χ1n) is 5.41. The van der Waals surface area contributed by atoms with Crippen molar-refractivity contribution in [1.29, 1.82) is 0 Å². The van der Waals surface area contributed by atoms with E-state index in [-0.39, 0.29) is 16.5 Å². The third kappa shape index (κ3) is 4.13. The number of nitrogens with zero attached hydrogens (tertiary/aromatic N) is 1. The van der Waals surface area contributed by atoms with Crippen LogP contribution in [0.4, 0.5) is 5.69 Å².